The Morgan fingerprint density at radius 1 is 0.967 bits per heavy atom. The van der Waals surface area contributed by atoms with Crippen LogP contribution in [0.3, 0.4) is 0 Å². The van der Waals surface area contributed by atoms with E-state index in [0.29, 0.717) is 44.3 Å². The molecular weight excluding hydrogens is 389 g/mol. The van der Waals surface area contributed by atoms with Crippen LogP contribution in [0.5, 0.6) is 0 Å². The molecule has 4 rings (SSSR count). The van der Waals surface area contributed by atoms with Crippen LogP contribution in [-0.4, -0.2) is 59.1 Å². The molecule has 0 bridgehead atoms. The molecule has 2 unspecified atom stereocenters. The van der Waals surface area contributed by atoms with Crippen molar-refractivity contribution in [1.82, 2.24) is 15.1 Å². The molecule has 4 amide bonds. The topological polar surface area (TPSA) is 86.8 Å². The van der Waals surface area contributed by atoms with Gasteiger partial charge in [-0.2, -0.15) is 0 Å². The summed E-state index contributed by atoms with van der Waals surface area (Å²) in [6, 6.07) is 5.25. The predicted octanol–water partition coefficient (Wildman–Crippen LogP) is 1.50. The molecule has 158 valence electrons. The fraction of sp³-hybridized carbons (Fsp3) is 0.455. The molecule has 2 fully saturated rings. The number of carbonyl (C=O) groups excluding carboxylic acids is 4. The lowest BCUT2D eigenvalue weighted by molar-refractivity contribution is -0.147. The molecule has 2 aliphatic heterocycles. The van der Waals surface area contributed by atoms with Gasteiger partial charge in [-0.15, -0.1) is 0 Å². The number of likely N-dealkylation sites (tertiary alicyclic amines) is 2. The van der Waals surface area contributed by atoms with Crippen molar-refractivity contribution in [1.29, 1.82) is 0 Å². The van der Waals surface area contributed by atoms with Crippen molar-refractivity contribution in [2.24, 2.45) is 11.8 Å². The summed E-state index contributed by atoms with van der Waals surface area (Å²) in [5.41, 5.74) is 0.386. The minimum absolute atomic E-state index is 0.0874. The van der Waals surface area contributed by atoms with E-state index in [0.717, 1.165) is 4.90 Å². The predicted molar refractivity (Wildman–Crippen MR) is 106 cm³/mol. The van der Waals surface area contributed by atoms with E-state index in [2.05, 4.69) is 5.32 Å². The standard InChI is InChI=1S/C22H24FN3O4/c23-15-7-5-14(6-8-15)20(28)24-16-9-11-25(12-10-16)19(27)13-26-21(29)17-3-1-2-4-18(17)22(26)30/h1-2,5-8,16-18H,3-4,9-13H2,(H,24,28). The number of carbonyl (C=O) groups is 4. The van der Waals surface area contributed by atoms with E-state index in [-0.39, 0.29) is 48.1 Å². The number of imide groups is 1. The Bertz CT molecular complexity index is 864. The van der Waals surface area contributed by atoms with Crippen LogP contribution in [0.25, 0.3) is 0 Å². The van der Waals surface area contributed by atoms with Gasteiger partial charge in [0.2, 0.25) is 17.7 Å². The number of allylic oxidation sites excluding steroid dienone is 2. The minimum atomic E-state index is -0.399. The zero-order valence-electron chi connectivity index (χ0n) is 16.6. The SMILES string of the molecule is O=C(NC1CCN(C(=O)CN2C(=O)C3CC=CCC3C2=O)CC1)c1ccc(F)cc1. The molecule has 30 heavy (non-hydrogen) atoms. The molecule has 0 spiro atoms. The van der Waals surface area contributed by atoms with Gasteiger partial charge < -0.3 is 10.2 Å². The summed E-state index contributed by atoms with van der Waals surface area (Å²) >= 11 is 0. The molecule has 0 aromatic heterocycles. The molecule has 8 heteroatoms. The summed E-state index contributed by atoms with van der Waals surface area (Å²) in [4.78, 5) is 52.8. The van der Waals surface area contributed by atoms with Crippen molar-refractivity contribution in [3.8, 4) is 0 Å². The Hall–Kier alpha value is -3.03. The van der Waals surface area contributed by atoms with Crippen LogP contribution in [0.1, 0.15) is 36.0 Å². The van der Waals surface area contributed by atoms with Gasteiger partial charge in [0.05, 0.1) is 11.8 Å². The normalized spacial score (nSPS) is 24.2. The van der Waals surface area contributed by atoms with Crippen LogP contribution >= 0.6 is 0 Å². The van der Waals surface area contributed by atoms with E-state index >= 15 is 0 Å². The average Bonchev–Trinajstić information content (AvgIpc) is 3.00. The van der Waals surface area contributed by atoms with E-state index in [1.807, 2.05) is 12.2 Å². The third-order valence-electron chi connectivity index (χ3n) is 6.18. The molecule has 1 aliphatic carbocycles. The molecule has 1 aromatic rings. The lowest BCUT2D eigenvalue weighted by Gasteiger charge is -2.33. The van der Waals surface area contributed by atoms with E-state index in [9.17, 15) is 23.6 Å². The highest BCUT2D eigenvalue weighted by Crippen LogP contribution is 2.35. The number of hydrogen-bond acceptors (Lipinski definition) is 4. The Balaban J connectivity index is 1.27. The Labute approximate surface area is 173 Å². The highest BCUT2D eigenvalue weighted by atomic mass is 19.1. The quantitative estimate of drug-likeness (QED) is 0.599. The summed E-state index contributed by atoms with van der Waals surface area (Å²) in [6.45, 7) is 0.674. The second-order valence-electron chi connectivity index (χ2n) is 8.05. The summed E-state index contributed by atoms with van der Waals surface area (Å²) in [5.74, 6) is -2.07. The Morgan fingerprint density at radius 2 is 1.53 bits per heavy atom. The molecule has 1 aromatic carbocycles. The number of benzene rings is 1. The number of nitrogens with zero attached hydrogens (tertiary/aromatic N) is 2. The lowest BCUT2D eigenvalue weighted by Crippen LogP contribution is -2.49. The highest BCUT2D eigenvalue weighted by molar-refractivity contribution is 6.07. The monoisotopic (exact) mass is 413 g/mol. The third kappa shape index (κ3) is 3.99. The number of halogens is 1. The first kappa shape index (κ1) is 20.3. The van der Waals surface area contributed by atoms with Crippen LogP contribution < -0.4 is 5.32 Å². The first-order valence-corrected chi connectivity index (χ1v) is 10.3. The molecular formula is C22H24FN3O4. The van der Waals surface area contributed by atoms with Gasteiger partial charge in [0.25, 0.3) is 5.91 Å². The van der Waals surface area contributed by atoms with Crippen molar-refractivity contribution in [3.63, 3.8) is 0 Å². The lowest BCUT2D eigenvalue weighted by atomic mass is 9.85. The largest absolute Gasteiger partial charge is 0.349 e. The van der Waals surface area contributed by atoms with Crippen LogP contribution in [0, 0.1) is 17.7 Å². The fourth-order valence-electron chi connectivity index (χ4n) is 4.40. The van der Waals surface area contributed by atoms with Crippen LogP contribution in [0.15, 0.2) is 36.4 Å². The molecule has 2 atom stereocenters. The molecule has 0 saturated carbocycles. The fourth-order valence-corrected chi connectivity index (χ4v) is 4.40. The van der Waals surface area contributed by atoms with Gasteiger partial charge >= 0.3 is 0 Å². The second-order valence-corrected chi connectivity index (χ2v) is 8.05. The number of piperidine rings is 1. The van der Waals surface area contributed by atoms with E-state index in [1.165, 1.54) is 24.3 Å². The number of hydrogen-bond donors (Lipinski definition) is 1. The number of fused-ring (bicyclic) bond motifs is 1. The number of amides is 4. The number of nitrogens with one attached hydrogen (secondary N) is 1. The first-order chi connectivity index (χ1) is 14.4. The van der Waals surface area contributed by atoms with Crippen molar-refractivity contribution < 1.29 is 23.6 Å². The van der Waals surface area contributed by atoms with E-state index in [4.69, 9.17) is 0 Å². The third-order valence-corrected chi connectivity index (χ3v) is 6.18. The average molecular weight is 413 g/mol. The van der Waals surface area contributed by atoms with Crippen molar-refractivity contribution in [2.75, 3.05) is 19.6 Å². The smallest absolute Gasteiger partial charge is 0.251 e. The van der Waals surface area contributed by atoms with Crippen molar-refractivity contribution >= 4 is 23.6 Å². The molecule has 2 saturated heterocycles. The maximum absolute atomic E-state index is 13.0. The Kier molecular flexibility index (Phi) is 5.65. The molecule has 0 radical (unpaired) electrons. The molecule has 2 heterocycles. The van der Waals surface area contributed by atoms with Gasteiger partial charge in [0.15, 0.2) is 0 Å². The highest BCUT2D eigenvalue weighted by Gasteiger charge is 2.48. The summed E-state index contributed by atoms with van der Waals surface area (Å²) in [6.07, 6.45) is 6.11. The maximum atomic E-state index is 13.0. The van der Waals surface area contributed by atoms with Crippen molar-refractivity contribution in [2.45, 2.75) is 31.7 Å². The summed E-state index contributed by atoms with van der Waals surface area (Å²) in [5, 5.41) is 2.91. The zero-order valence-corrected chi connectivity index (χ0v) is 16.6. The minimum Gasteiger partial charge on any atom is -0.349 e. The van der Waals surface area contributed by atoms with Gasteiger partial charge in [-0.25, -0.2) is 4.39 Å². The van der Waals surface area contributed by atoms with Crippen LogP contribution in [0.4, 0.5) is 4.39 Å². The van der Waals surface area contributed by atoms with Crippen LogP contribution in [-0.2, 0) is 14.4 Å². The molecule has 7 nitrogen and oxygen atoms in total. The molecule has 3 aliphatic rings. The zero-order chi connectivity index (χ0) is 21.3. The summed E-state index contributed by atoms with van der Waals surface area (Å²) in [7, 11) is 0. The summed E-state index contributed by atoms with van der Waals surface area (Å²) < 4.78 is 13.0. The number of rotatable bonds is 4. The van der Waals surface area contributed by atoms with Crippen LogP contribution in [0.2, 0.25) is 0 Å². The van der Waals surface area contributed by atoms with Gasteiger partial charge in [-0.3, -0.25) is 24.1 Å². The van der Waals surface area contributed by atoms with Gasteiger partial charge in [-0.05, 0) is 49.9 Å². The van der Waals surface area contributed by atoms with E-state index in [1.54, 1.807) is 4.90 Å². The first-order valence-electron chi connectivity index (χ1n) is 10.3. The van der Waals surface area contributed by atoms with Crippen molar-refractivity contribution in [3.05, 3.63) is 47.8 Å². The van der Waals surface area contributed by atoms with Gasteiger partial charge in [-0.1, -0.05) is 12.2 Å². The maximum Gasteiger partial charge on any atom is 0.251 e. The van der Waals surface area contributed by atoms with Gasteiger partial charge in [0, 0.05) is 24.7 Å². The van der Waals surface area contributed by atoms with E-state index < -0.39 is 5.82 Å². The molecule has 1 N–H and O–H groups in total. The second kappa shape index (κ2) is 8.38. The van der Waals surface area contributed by atoms with Gasteiger partial charge in [0.1, 0.15) is 12.4 Å². The Morgan fingerprint density at radius 3 is 2.10 bits per heavy atom.